The Labute approximate surface area is 119 Å². The zero-order chi connectivity index (χ0) is 14.7. The maximum atomic E-state index is 12.6. The minimum Gasteiger partial charge on any atom is -0.508 e. The van der Waals surface area contributed by atoms with Crippen LogP contribution in [0.4, 0.5) is 0 Å². The van der Waals surface area contributed by atoms with Crippen molar-refractivity contribution < 1.29 is 14.7 Å². The summed E-state index contributed by atoms with van der Waals surface area (Å²) in [5.41, 5.74) is 0.870. The van der Waals surface area contributed by atoms with Crippen LogP contribution >= 0.6 is 0 Å². The Morgan fingerprint density at radius 1 is 1.15 bits per heavy atom. The summed E-state index contributed by atoms with van der Waals surface area (Å²) in [4.78, 5) is 25.0. The van der Waals surface area contributed by atoms with E-state index in [1.807, 2.05) is 6.07 Å². The summed E-state index contributed by atoms with van der Waals surface area (Å²) in [5.74, 6) is -0.932. The normalized spacial score (nSPS) is 31.6. The van der Waals surface area contributed by atoms with Gasteiger partial charge in [0.05, 0.1) is 0 Å². The molecule has 3 rings (SSSR count). The Morgan fingerprint density at radius 3 is 2.55 bits per heavy atom. The Morgan fingerprint density at radius 2 is 1.85 bits per heavy atom. The molecule has 0 bridgehead atoms. The molecule has 2 aliphatic rings. The zero-order valence-electron chi connectivity index (χ0n) is 12.2. The van der Waals surface area contributed by atoms with Gasteiger partial charge in [-0.2, -0.15) is 0 Å². The van der Waals surface area contributed by atoms with Crippen LogP contribution in [0.3, 0.4) is 0 Å². The van der Waals surface area contributed by atoms with Gasteiger partial charge in [-0.25, -0.2) is 0 Å². The van der Waals surface area contributed by atoms with Gasteiger partial charge in [0.1, 0.15) is 5.75 Å². The Kier molecular flexibility index (Phi) is 2.63. The van der Waals surface area contributed by atoms with E-state index in [1.165, 1.54) is 6.07 Å². The molecule has 0 saturated heterocycles. The molecule has 1 saturated carbocycles. The van der Waals surface area contributed by atoms with Gasteiger partial charge in [0.25, 0.3) is 0 Å². The third kappa shape index (κ3) is 1.58. The molecular weight excluding hydrogens is 252 g/mol. The van der Waals surface area contributed by atoms with E-state index >= 15 is 0 Å². The largest absolute Gasteiger partial charge is 0.508 e. The second-order valence-electron chi connectivity index (χ2n) is 7.12. The standard InChI is InChI=1S/C17H20O3/c1-16(2)7-4-8-17(3)12-6-5-10(18)9-11(12)13(19)14(20)15(16)17/h5-6,9,15,18H,4,7-8H2,1-3H3/t15-,17-/m1/s1. The summed E-state index contributed by atoms with van der Waals surface area (Å²) in [5, 5.41) is 9.61. The number of carbonyl (C=O) groups excluding carboxylic acids is 2. The molecule has 0 spiro atoms. The molecule has 0 amide bonds. The molecule has 2 aliphatic carbocycles. The molecule has 0 radical (unpaired) electrons. The van der Waals surface area contributed by atoms with Crippen LogP contribution in [0, 0.1) is 11.3 Å². The molecule has 2 atom stereocenters. The molecule has 106 valence electrons. The van der Waals surface area contributed by atoms with Gasteiger partial charge < -0.3 is 5.11 Å². The minimum atomic E-state index is -0.437. The quantitative estimate of drug-likeness (QED) is 0.738. The van der Waals surface area contributed by atoms with Crippen LogP contribution in [0.1, 0.15) is 56.0 Å². The van der Waals surface area contributed by atoms with E-state index in [0.717, 1.165) is 24.8 Å². The first-order chi connectivity index (χ1) is 9.27. The summed E-state index contributed by atoms with van der Waals surface area (Å²) >= 11 is 0. The molecule has 3 heteroatoms. The van der Waals surface area contributed by atoms with Crippen LogP contribution in [-0.2, 0) is 10.2 Å². The van der Waals surface area contributed by atoms with Crippen molar-refractivity contribution in [2.45, 2.75) is 45.4 Å². The van der Waals surface area contributed by atoms with Crippen molar-refractivity contribution in [1.82, 2.24) is 0 Å². The molecule has 0 unspecified atom stereocenters. The van der Waals surface area contributed by atoms with Crippen molar-refractivity contribution in [2.24, 2.45) is 11.3 Å². The number of aromatic hydroxyl groups is 1. The topological polar surface area (TPSA) is 54.4 Å². The van der Waals surface area contributed by atoms with Crippen LogP contribution in [-0.4, -0.2) is 16.7 Å². The van der Waals surface area contributed by atoms with Gasteiger partial charge >= 0.3 is 0 Å². The fourth-order valence-electron chi connectivity index (χ4n) is 4.48. The third-order valence-corrected chi connectivity index (χ3v) is 5.28. The number of benzene rings is 1. The zero-order valence-corrected chi connectivity index (χ0v) is 12.2. The molecule has 1 fully saturated rings. The van der Waals surface area contributed by atoms with Crippen LogP contribution in [0.2, 0.25) is 0 Å². The summed E-state index contributed by atoms with van der Waals surface area (Å²) in [6.07, 6.45) is 2.94. The predicted molar refractivity (Wildman–Crippen MR) is 75.9 cm³/mol. The van der Waals surface area contributed by atoms with Crippen molar-refractivity contribution in [3.05, 3.63) is 29.3 Å². The number of carbonyl (C=O) groups is 2. The lowest BCUT2D eigenvalue weighted by atomic mass is 9.50. The van der Waals surface area contributed by atoms with Gasteiger partial charge in [0.15, 0.2) is 0 Å². The van der Waals surface area contributed by atoms with E-state index in [-0.39, 0.29) is 28.3 Å². The van der Waals surface area contributed by atoms with Gasteiger partial charge in [-0.05, 0) is 36.0 Å². The molecule has 1 aromatic carbocycles. The predicted octanol–water partition coefficient (Wildman–Crippen LogP) is 3.24. The number of phenolic OH excluding ortho intramolecular Hbond substituents is 1. The van der Waals surface area contributed by atoms with Crippen molar-refractivity contribution in [3.63, 3.8) is 0 Å². The summed E-state index contributed by atoms with van der Waals surface area (Å²) in [7, 11) is 0. The first kappa shape index (κ1) is 13.3. The van der Waals surface area contributed by atoms with Crippen LogP contribution in [0.5, 0.6) is 5.75 Å². The highest BCUT2D eigenvalue weighted by Crippen LogP contribution is 2.55. The van der Waals surface area contributed by atoms with Gasteiger partial charge in [-0.15, -0.1) is 0 Å². The monoisotopic (exact) mass is 272 g/mol. The maximum Gasteiger partial charge on any atom is 0.229 e. The molecule has 3 nitrogen and oxygen atoms in total. The molecule has 0 heterocycles. The van der Waals surface area contributed by atoms with E-state index in [4.69, 9.17) is 0 Å². The van der Waals surface area contributed by atoms with Gasteiger partial charge in [-0.3, -0.25) is 9.59 Å². The second kappa shape index (κ2) is 3.94. The second-order valence-corrected chi connectivity index (χ2v) is 7.12. The number of Topliss-reactive ketones (excluding diaryl/α,β-unsaturated/α-hetero) is 2. The average Bonchev–Trinajstić information content (AvgIpc) is 2.34. The van der Waals surface area contributed by atoms with Gasteiger partial charge in [-0.1, -0.05) is 33.3 Å². The third-order valence-electron chi connectivity index (χ3n) is 5.28. The highest BCUT2D eigenvalue weighted by molar-refractivity contribution is 6.46. The lowest BCUT2D eigenvalue weighted by Crippen LogP contribution is -2.54. The molecule has 1 aromatic rings. The van der Waals surface area contributed by atoms with E-state index in [9.17, 15) is 14.7 Å². The van der Waals surface area contributed by atoms with Crippen LogP contribution in [0.15, 0.2) is 18.2 Å². The van der Waals surface area contributed by atoms with Crippen LogP contribution < -0.4 is 0 Å². The molecular formula is C17H20O3. The minimum absolute atomic E-state index is 0.0435. The molecule has 0 aromatic heterocycles. The van der Waals surface area contributed by atoms with Crippen LogP contribution in [0.25, 0.3) is 0 Å². The summed E-state index contributed by atoms with van der Waals surface area (Å²) in [6.45, 7) is 6.27. The molecule has 1 N–H and O–H groups in total. The fourth-order valence-corrected chi connectivity index (χ4v) is 4.48. The lowest BCUT2D eigenvalue weighted by Gasteiger charge is -2.52. The number of phenols is 1. The Hall–Kier alpha value is -1.64. The highest BCUT2D eigenvalue weighted by atomic mass is 16.3. The molecule has 20 heavy (non-hydrogen) atoms. The van der Waals surface area contributed by atoms with Crippen molar-refractivity contribution in [1.29, 1.82) is 0 Å². The fraction of sp³-hybridized carbons (Fsp3) is 0.529. The Balaban J connectivity index is 2.27. The Bertz CT molecular complexity index is 615. The summed E-state index contributed by atoms with van der Waals surface area (Å²) < 4.78 is 0. The first-order valence-corrected chi connectivity index (χ1v) is 7.19. The van der Waals surface area contributed by atoms with Crippen molar-refractivity contribution >= 4 is 11.6 Å². The van der Waals surface area contributed by atoms with Crippen molar-refractivity contribution in [3.8, 4) is 5.75 Å². The smallest absolute Gasteiger partial charge is 0.229 e. The summed E-state index contributed by atoms with van der Waals surface area (Å²) in [6, 6.07) is 4.88. The van der Waals surface area contributed by atoms with E-state index < -0.39 is 5.78 Å². The maximum absolute atomic E-state index is 12.6. The van der Waals surface area contributed by atoms with Gasteiger partial charge in [0.2, 0.25) is 11.6 Å². The number of hydrogen-bond donors (Lipinski definition) is 1. The van der Waals surface area contributed by atoms with E-state index in [2.05, 4.69) is 20.8 Å². The number of fused-ring (bicyclic) bond motifs is 3. The first-order valence-electron chi connectivity index (χ1n) is 7.19. The SMILES string of the molecule is CC1(C)CCC[C@]2(C)c3ccc(O)cc3C(=O)C(=O)[C@H]12. The lowest BCUT2D eigenvalue weighted by molar-refractivity contribution is -0.128. The van der Waals surface area contributed by atoms with E-state index in [0.29, 0.717) is 5.56 Å². The van der Waals surface area contributed by atoms with Crippen molar-refractivity contribution in [2.75, 3.05) is 0 Å². The molecule has 0 aliphatic heterocycles. The number of hydrogen-bond acceptors (Lipinski definition) is 3. The average molecular weight is 272 g/mol. The number of ketones is 2. The number of rotatable bonds is 0. The van der Waals surface area contributed by atoms with Gasteiger partial charge in [0, 0.05) is 16.9 Å². The van der Waals surface area contributed by atoms with E-state index in [1.54, 1.807) is 6.07 Å². The highest BCUT2D eigenvalue weighted by Gasteiger charge is 2.56.